The number of carbonyl (C=O) groups is 1. The van der Waals surface area contributed by atoms with E-state index in [9.17, 15) is 27.6 Å². The Bertz CT molecular complexity index is 1500. The third-order valence-corrected chi connectivity index (χ3v) is 8.51. The maximum absolute atomic E-state index is 14.5. The number of aliphatic hydroxyl groups excluding tert-OH is 1. The molecule has 0 spiro atoms. The summed E-state index contributed by atoms with van der Waals surface area (Å²) in [5.41, 5.74) is 5.62. The normalized spacial score (nSPS) is 24.6. The lowest BCUT2D eigenvalue weighted by molar-refractivity contribution is -0.195. The van der Waals surface area contributed by atoms with Crippen LogP contribution in [0.3, 0.4) is 0 Å². The van der Waals surface area contributed by atoms with Crippen molar-refractivity contribution in [3.8, 4) is 5.75 Å². The van der Waals surface area contributed by atoms with Gasteiger partial charge in [-0.15, -0.1) is 11.6 Å². The van der Waals surface area contributed by atoms with E-state index in [2.05, 4.69) is 25.4 Å². The second-order valence-electron chi connectivity index (χ2n) is 9.78. The van der Waals surface area contributed by atoms with E-state index in [1.165, 1.54) is 26.1 Å². The first kappa shape index (κ1) is 32.7. The third-order valence-electron chi connectivity index (χ3n) is 6.24. The fourth-order valence-electron chi connectivity index (χ4n) is 4.25. The summed E-state index contributed by atoms with van der Waals surface area (Å²) in [6.45, 7) is 3.63. The summed E-state index contributed by atoms with van der Waals surface area (Å²) in [4.78, 5) is 20.9. The molecular formula is C24H30ClF3N7O7P. The predicted octanol–water partition coefficient (Wildman–Crippen LogP) is 3.38. The molecule has 0 aliphatic carbocycles. The van der Waals surface area contributed by atoms with Crippen molar-refractivity contribution >= 4 is 48.2 Å². The van der Waals surface area contributed by atoms with Crippen LogP contribution in [0.15, 0.2) is 36.7 Å². The van der Waals surface area contributed by atoms with E-state index in [-0.39, 0.29) is 28.7 Å². The second-order valence-corrected chi connectivity index (χ2v) is 12.1. The first-order valence-corrected chi connectivity index (χ1v) is 14.8. The molecule has 6 atom stereocenters. The molecule has 0 bridgehead atoms. The fraction of sp³-hybridized carbons (Fsp3) is 0.500. The SMILES string of the molecule is CNc1nc(N)nc2c1ncn2[C@@H]1O[C@H](COP(=O)(N[C@@H](C)C(=O)OC(C)C)Oc2ccccc2)[C@@H](O)[C@]1(Cl)C(F)(F)F. The van der Waals surface area contributed by atoms with Gasteiger partial charge in [0.15, 0.2) is 23.2 Å². The van der Waals surface area contributed by atoms with E-state index < -0.39 is 62.0 Å². The summed E-state index contributed by atoms with van der Waals surface area (Å²) in [5.74, 6) is -0.891. The number of imidazole rings is 1. The van der Waals surface area contributed by atoms with Crippen LogP contribution in [-0.2, 0) is 23.4 Å². The molecule has 5 N–H and O–H groups in total. The van der Waals surface area contributed by atoms with Crippen LogP contribution in [0.2, 0.25) is 0 Å². The number of nitrogen functional groups attached to an aromatic ring is 1. The number of alkyl halides is 4. The number of rotatable bonds is 11. The van der Waals surface area contributed by atoms with E-state index in [1.54, 1.807) is 32.0 Å². The van der Waals surface area contributed by atoms with Gasteiger partial charge in [0.1, 0.15) is 24.0 Å². The van der Waals surface area contributed by atoms with Gasteiger partial charge in [-0.3, -0.25) is 13.9 Å². The Morgan fingerprint density at radius 1 is 1.28 bits per heavy atom. The second kappa shape index (κ2) is 12.4. The average Bonchev–Trinajstić information content (AvgIpc) is 3.45. The van der Waals surface area contributed by atoms with Crippen LogP contribution in [0.25, 0.3) is 11.2 Å². The van der Waals surface area contributed by atoms with Gasteiger partial charge in [-0.25, -0.2) is 9.55 Å². The van der Waals surface area contributed by atoms with E-state index in [1.807, 2.05) is 0 Å². The van der Waals surface area contributed by atoms with Crippen LogP contribution >= 0.6 is 19.3 Å². The molecule has 236 valence electrons. The molecule has 1 saturated heterocycles. The predicted molar refractivity (Wildman–Crippen MR) is 148 cm³/mol. The van der Waals surface area contributed by atoms with Gasteiger partial charge >= 0.3 is 19.9 Å². The minimum Gasteiger partial charge on any atom is -0.462 e. The number of aromatic nitrogens is 4. The molecule has 3 heterocycles. The maximum Gasteiger partial charge on any atom is 0.459 e. The van der Waals surface area contributed by atoms with Crippen molar-refractivity contribution in [1.29, 1.82) is 0 Å². The third kappa shape index (κ3) is 6.66. The van der Waals surface area contributed by atoms with Crippen LogP contribution < -0.4 is 20.7 Å². The molecule has 3 aromatic rings. The Morgan fingerprint density at radius 3 is 2.56 bits per heavy atom. The van der Waals surface area contributed by atoms with Crippen LogP contribution in [0, 0.1) is 0 Å². The number of nitrogens with two attached hydrogens (primary N) is 1. The van der Waals surface area contributed by atoms with Gasteiger partial charge in [0.05, 0.1) is 19.0 Å². The van der Waals surface area contributed by atoms with Crippen molar-refractivity contribution in [1.82, 2.24) is 24.6 Å². The minimum atomic E-state index is -5.24. The van der Waals surface area contributed by atoms with Crippen molar-refractivity contribution < 1.29 is 46.2 Å². The first-order valence-electron chi connectivity index (χ1n) is 12.8. The molecule has 1 aliphatic rings. The highest BCUT2D eigenvalue weighted by Crippen LogP contribution is 2.55. The molecule has 1 aliphatic heterocycles. The number of para-hydroxylation sites is 1. The van der Waals surface area contributed by atoms with Crippen molar-refractivity contribution in [3.63, 3.8) is 0 Å². The molecule has 4 rings (SSSR count). The number of anilines is 2. The highest BCUT2D eigenvalue weighted by atomic mass is 35.5. The van der Waals surface area contributed by atoms with Gasteiger partial charge in [0.25, 0.3) is 0 Å². The first-order chi connectivity index (χ1) is 20.1. The van der Waals surface area contributed by atoms with Crippen molar-refractivity contribution in [2.45, 2.75) is 62.4 Å². The molecule has 1 fully saturated rings. The van der Waals surface area contributed by atoms with E-state index in [0.717, 1.165) is 10.9 Å². The molecule has 2 aromatic heterocycles. The molecule has 0 amide bonds. The standard InChI is InChI=1S/C24H30ClF3N7O7P/c1-12(2)40-20(37)13(3)34-43(38,42-14-8-6-5-7-9-14)39-10-15-17(36)23(25,24(26,27)28)21(41-15)35-11-31-16-18(30-4)32-22(29)33-19(16)35/h5-9,11-13,15,17,21,36H,10H2,1-4H3,(H,34,38)(H3,29,30,32,33)/t13-,15+,17+,21+,23+,43?/m0/s1. The van der Waals surface area contributed by atoms with Gasteiger partial charge < -0.3 is 30.2 Å². The van der Waals surface area contributed by atoms with Crippen LogP contribution in [0.4, 0.5) is 24.9 Å². The van der Waals surface area contributed by atoms with Gasteiger partial charge in [0, 0.05) is 7.05 Å². The quantitative estimate of drug-likeness (QED) is 0.134. The number of halogens is 4. The van der Waals surface area contributed by atoms with Crippen molar-refractivity contribution in [3.05, 3.63) is 36.7 Å². The number of nitrogens with zero attached hydrogens (tertiary/aromatic N) is 4. The number of esters is 1. The Balaban J connectivity index is 1.65. The number of ether oxygens (including phenoxy) is 2. The number of carbonyl (C=O) groups excluding carboxylic acids is 1. The van der Waals surface area contributed by atoms with E-state index in [4.69, 9.17) is 35.9 Å². The van der Waals surface area contributed by atoms with Crippen LogP contribution in [0.1, 0.15) is 27.0 Å². The number of hydrogen-bond acceptors (Lipinski definition) is 12. The molecule has 1 aromatic carbocycles. The van der Waals surface area contributed by atoms with Gasteiger partial charge in [-0.2, -0.15) is 28.2 Å². The fourth-order valence-corrected chi connectivity index (χ4v) is 6.05. The molecule has 0 radical (unpaired) electrons. The summed E-state index contributed by atoms with van der Waals surface area (Å²) in [6.07, 6.45) is -11.1. The average molecular weight is 652 g/mol. The number of fused-ring (bicyclic) bond motifs is 1. The van der Waals surface area contributed by atoms with E-state index >= 15 is 0 Å². The Morgan fingerprint density at radius 2 is 1.95 bits per heavy atom. The lowest BCUT2D eigenvalue weighted by Crippen LogP contribution is -2.53. The van der Waals surface area contributed by atoms with Crippen LogP contribution in [0.5, 0.6) is 5.75 Å². The molecule has 0 saturated carbocycles. The molecular weight excluding hydrogens is 622 g/mol. The summed E-state index contributed by atoms with van der Waals surface area (Å²) in [6, 6.07) is 6.45. The molecule has 14 nitrogen and oxygen atoms in total. The van der Waals surface area contributed by atoms with E-state index in [0.29, 0.717) is 0 Å². The molecule has 19 heteroatoms. The summed E-state index contributed by atoms with van der Waals surface area (Å²) in [7, 11) is -3.02. The lowest BCUT2D eigenvalue weighted by atomic mass is 9.98. The van der Waals surface area contributed by atoms with Gasteiger partial charge in [0.2, 0.25) is 10.8 Å². The zero-order valence-electron chi connectivity index (χ0n) is 23.3. The minimum absolute atomic E-state index is 0.0537. The topological polar surface area (TPSA) is 185 Å². The summed E-state index contributed by atoms with van der Waals surface area (Å²) in [5, 5.41) is 16.0. The zero-order valence-corrected chi connectivity index (χ0v) is 24.9. The number of nitrogens with one attached hydrogen (secondary N) is 2. The molecule has 1 unspecified atom stereocenters. The van der Waals surface area contributed by atoms with Crippen molar-refractivity contribution in [2.75, 3.05) is 24.7 Å². The van der Waals surface area contributed by atoms with Gasteiger partial charge in [-0.1, -0.05) is 18.2 Å². The van der Waals surface area contributed by atoms with Crippen LogP contribution in [-0.4, -0.2) is 79.7 Å². The smallest absolute Gasteiger partial charge is 0.459 e. The summed E-state index contributed by atoms with van der Waals surface area (Å²) < 4.78 is 79.8. The monoisotopic (exact) mass is 651 g/mol. The number of benzene rings is 1. The molecule has 43 heavy (non-hydrogen) atoms. The van der Waals surface area contributed by atoms with Gasteiger partial charge in [-0.05, 0) is 32.9 Å². The highest BCUT2D eigenvalue weighted by molar-refractivity contribution is 7.52. The van der Waals surface area contributed by atoms with Crippen molar-refractivity contribution in [2.24, 2.45) is 0 Å². The Labute approximate surface area is 248 Å². The maximum atomic E-state index is 14.5. The largest absolute Gasteiger partial charge is 0.462 e. The number of hydrogen-bond donors (Lipinski definition) is 4. The Kier molecular flexibility index (Phi) is 9.44. The summed E-state index contributed by atoms with van der Waals surface area (Å²) >= 11 is 6.15. The number of aliphatic hydroxyl groups is 1. The highest BCUT2D eigenvalue weighted by Gasteiger charge is 2.71. The zero-order chi connectivity index (χ0) is 31.7. The lowest BCUT2D eigenvalue weighted by Gasteiger charge is -2.32. The Hall–Kier alpha value is -3.21.